The maximum absolute atomic E-state index is 15.1. The third kappa shape index (κ3) is 6.27. The predicted molar refractivity (Wildman–Crippen MR) is 141 cm³/mol. The number of halogens is 5. The van der Waals surface area contributed by atoms with Gasteiger partial charge in [0.05, 0.1) is 11.9 Å². The summed E-state index contributed by atoms with van der Waals surface area (Å²) in [5.41, 5.74) is 0.816. The second-order valence-corrected chi connectivity index (χ2v) is 10.6. The van der Waals surface area contributed by atoms with Gasteiger partial charge in [0.2, 0.25) is 0 Å². The molecule has 2 aromatic carbocycles. The average molecular weight is 577 g/mol. The molecule has 218 valence electrons. The van der Waals surface area contributed by atoms with Gasteiger partial charge >= 0.3 is 6.36 Å². The number of aromatic nitrogens is 2. The fourth-order valence-corrected chi connectivity index (χ4v) is 5.35. The highest BCUT2D eigenvalue weighted by molar-refractivity contribution is 5.99. The molecule has 0 unspecified atom stereocenters. The molecular formula is C29H29F5N4O3. The van der Waals surface area contributed by atoms with E-state index in [9.17, 15) is 18.0 Å². The quantitative estimate of drug-likeness (QED) is 0.343. The van der Waals surface area contributed by atoms with Gasteiger partial charge in [-0.3, -0.25) is 4.79 Å². The van der Waals surface area contributed by atoms with Gasteiger partial charge in [0, 0.05) is 18.0 Å². The van der Waals surface area contributed by atoms with E-state index in [4.69, 9.17) is 4.74 Å². The molecule has 1 fully saturated rings. The van der Waals surface area contributed by atoms with Crippen molar-refractivity contribution in [2.75, 3.05) is 31.6 Å². The zero-order chi connectivity index (χ0) is 29.5. The highest BCUT2D eigenvalue weighted by Gasteiger charge is 2.35. The standard InChI is InChI=1S/C29H29F5N4O3/c1-16(2)38-23-13-19(12-22(31)28(23)40-15-26(38)39)27-24(41-29(32,33)34)14-35-25(36-27)11-17-4-5-20(21(30)10-17)18-6-8-37(3)9-7-18/h4-5,10,12-14,16,18H,6-9,11,15H2,1-3H3. The summed E-state index contributed by atoms with van der Waals surface area (Å²) in [4.78, 5) is 24.3. The van der Waals surface area contributed by atoms with Crippen molar-refractivity contribution in [2.24, 2.45) is 0 Å². The van der Waals surface area contributed by atoms with Crippen molar-refractivity contribution in [2.45, 2.75) is 51.4 Å². The number of hydrogen-bond acceptors (Lipinski definition) is 6. The van der Waals surface area contributed by atoms with Gasteiger partial charge in [0.25, 0.3) is 5.91 Å². The monoisotopic (exact) mass is 576 g/mol. The number of piperidine rings is 1. The van der Waals surface area contributed by atoms with Crippen molar-refractivity contribution in [1.82, 2.24) is 14.9 Å². The minimum absolute atomic E-state index is 0.0110. The molecular weight excluding hydrogens is 547 g/mol. The molecule has 7 nitrogen and oxygen atoms in total. The summed E-state index contributed by atoms with van der Waals surface area (Å²) in [6.45, 7) is 4.83. The topological polar surface area (TPSA) is 67.8 Å². The minimum atomic E-state index is -5.07. The number of nitrogens with zero attached hydrogens (tertiary/aromatic N) is 4. The lowest BCUT2D eigenvalue weighted by Gasteiger charge is -2.33. The lowest BCUT2D eigenvalue weighted by Crippen LogP contribution is -2.43. The number of anilines is 1. The number of carbonyl (C=O) groups excluding carboxylic acids is 1. The summed E-state index contributed by atoms with van der Waals surface area (Å²) in [7, 11) is 2.03. The molecule has 1 aromatic heterocycles. The molecule has 0 radical (unpaired) electrons. The van der Waals surface area contributed by atoms with Crippen LogP contribution < -0.4 is 14.4 Å². The number of alkyl halides is 3. The maximum Gasteiger partial charge on any atom is 0.573 e. The molecule has 2 aliphatic rings. The van der Waals surface area contributed by atoms with Gasteiger partial charge in [-0.1, -0.05) is 12.1 Å². The fourth-order valence-electron chi connectivity index (χ4n) is 5.35. The Balaban J connectivity index is 1.50. The van der Waals surface area contributed by atoms with Crippen molar-refractivity contribution in [3.8, 4) is 22.8 Å². The number of amides is 1. The molecule has 41 heavy (non-hydrogen) atoms. The molecule has 0 bridgehead atoms. The van der Waals surface area contributed by atoms with Crippen LogP contribution in [0.5, 0.6) is 11.5 Å². The predicted octanol–water partition coefficient (Wildman–Crippen LogP) is 5.85. The lowest BCUT2D eigenvalue weighted by molar-refractivity contribution is -0.274. The van der Waals surface area contributed by atoms with Crippen LogP contribution in [0.1, 0.15) is 49.6 Å². The van der Waals surface area contributed by atoms with Gasteiger partial charge in [-0.25, -0.2) is 18.7 Å². The van der Waals surface area contributed by atoms with Crippen LogP contribution in [0.15, 0.2) is 36.5 Å². The van der Waals surface area contributed by atoms with Crippen molar-refractivity contribution in [3.63, 3.8) is 0 Å². The Bertz CT molecular complexity index is 1460. The Kier molecular flexibility index (Phi) is 7.87. The number of rotatable bonds is 6. The molecule has 0 saturated carbocycles. The molecule has 2 aliphatic heterocycles. The van der Waals surface area contributed by atoms with E-state index in [-0.39, 0.29) is 59.3 Å². The summed E-state index contributed by atoms with van der Waals surface area (Å²) in [6.07, 6.45) is -2.50. The molecule has 0 atom stereocenters. The molecule has 0 spiro atoms. The van der Waals surface area contributed by atoms with Crippen LogP contribution in [0, 0.1) is 11.6 Å². The van der Waals surface area contributed by atoms with E-state index in [1.165, 1.54) is 17.0 Å². The average Bonchev–Trinajstić information content (AvgIpc) is 2.89. The van der Waals surface area contributed by atoms with Crippen molar-refractivity contribution < 1.29 is 36.2 Å². The second kappa shape index (κ2) is 11.2. The van der Waals surface area contributed by atoms with E-state index >= 15 is 8.78 Å². The third-order valence-electron chi connectivity index (χ3n) is 7.30. The lowest BCUT2D eigenvalue weighted by atomic mass is 9.88. The summed E-state index contributed by atoms with van der Waals surface area (Å²) in [5.74, 6) is -2.40. The Morgan fingerprint density at radius 2 is 1.83 bits per heavy atom. The van der Waals surface area contributed by atoms with Gasteiger partial charge in [0.1, 0.15) is 17.3 Å². The molecule has 3 heterocycles. The van der Waals surface area contributed by atoms with E-state index in [1.807, 2.05) is 7.05 Å². The molecule has 1 amide bonds. The van der Waals surface area contributed by atoms with Crippen LogP contribution in [0.2, 0.25) is 0 Å². The normalized spacial score (nSPS) is 16.6. The van der Waals surface area contributed by atoms with Crippen molar-refractivity contribution in [1.29, 1.82) is 0 Å². The Hall–Kier alpha value is -3.80. The summed E-state index contributed by atoms with van der Waals surface area (Å²) < 4.78 is 79.4. The van der Waals surface area contributed by atoms with Crippen molar-refractivity contribution in [3.05, 3.63) is 65.1 Å². The van der Waals surface area contributed by atoms with E-state index in [0.29, 0.717) is 11.1 Å². The zero-order valence-electron chi connectivity index (χ0n) is 22.8. The summed E-state index contributed by atoms with van der Waals surface area (Å²) >= 11 is 0. The molecule has 0 aliphatic carbocycles. The number of ether oxygens (including phenoxy) is 2. The van der Waals surface area contributed by atoms with Crippen LogP contribution in [-0.4, -0.2) is 59.9 Å². The first-order chi connectivity index (χ1) is 19.4. The Morgan fingerprint density at radius 1 is 1.10 bits per heavy atom. The van der Waals surface area contributed by atoms with Crippen LogP contribution in [-0.2, 0) is 11.2 Å². The summed E-state index contributed by atoms with van der Waals surface area (Å²) in [6, 6.07) is 6.80. The smallest absolute Gasteiger partial charge is 0.478 e. The zero-order valence-corrected chi connectivity index (χ0v) is 22.8. The summed E-state index contributed by atoms with van der Waals surface area (Å²) in [5, 5.41) is 0. The third-order valence-corrected chi connectivity index (χ3v) is 7.30. The van der Waals surface area contributed by atoms with Gasteiger partial charge in [-0.05, 0) is 82.1 Å². The molecule has 1 saturated heterocycles. The highest BCUT2D eigenvalue weighted by Crippen LogP contribution is 2.42. The fraction of sp³-hybridized carbons (Fsp3) is 0.414. The molecule has 5 rings (SSSR count). The first-order valence-electron chi connectivity index (χ1n) is 13.3. The number of fused-ring (bicyclic) bond motifs is 1. The SMILES string of the molecule is CC(C)N1C(=O)COc2c(F)cc(-c3nc(Cc4ccc(C5CCN(C)CC5)c(F)c4)ncc3OC(F)(F)F)cc21. The van der Waals surface area contributed by atoms with Crippen molar-refractivity contribution >= 4 is 11.6 Å². The van der Waals surface area contributed by atoms with Gasteiger partial charge in [0.15, 0.2) is 23.9 Å². The van der Waals surface area contributed by atoms with Crippen LogP contribution in [0.4, 0.5) is 27.6 Å². The number of benzene rings is 2. The number of hydrogen-bond donors (Lipinski definition) is 0. The molecule has 3 aromatic rings. The maximum atomic E-state index is 15.1. The first kappa shape index (κ1) is 28.7. The van der Waals surface area contributed by atoms with E-state index in [1.54, 1.807) is 26.0 Å². The van der Waals surface area contributed by atoms with Crippen LogP contribution in [0.3, 0.4) is 0 Å². The van der Waals surface area contributed by atoms with E-state index in [0.717, 1.165) is 38.2 Å². The minimum Gasteiger partial charge on any atom is -0.478 e. The first-order valence-corrected chi connectivity index (χ1v) is 13.3. The Labute approximate surface area is 233 Å². The number of carbonyl (C=O) groups is 1. The van der Waals surface area contributed by atoms with Gasteiger partial charge in [-0.2, -0.15) is 0 Å². The highest BCUT2D eigenvalue weighted by atomic mass is 19.4. The largest absolute Gasteiger partial charge is 0.573 e. The van der Waals surface area contributed by atoms with Crippen LogP contribution >= 0.6 is 0 Å². The van der Waals surface area contributed by atoms with E-state index < -0.39 is 23.8 Å². The Morgan fingerprint density at radius 3 is 2.49 bits per heavy atom. The van der Waals surface area contributed by atoms with E-state index in [2.05, 4.69) is 19.6 Å². The van der Waals surface area contributed by atoms with Crippen LogP contribution in [0.25, 0.3) is 11.3 Å². The molecule has 12 heteroatoms. The molecule has 0 N–H and O–H groups in total. The van der Waals surface area contributed by atoms with Gasteiger partial charge < -0.3 is 19.3 Å². The van der Waals surface area contributed by atoms with Gasteiger partial charge in [-0.15, -0.1) is 13.2 Å². The second-order valence-electron chi connectivity index (χ2n) is 10.6. The number of likely N-dealkylation sites (tertiary alicyclic amines) is 1.